The average molecular weight is 348 g/mol. The zero-order valence-corrected chi connectivity index (χ0v) is 14.3. The van der Waals surface area contributed by atoms with Crippen LogP contribution < -0.4 is 10.2 Å². The minimum Gasteiger partial charge on any atom is -0.453 e. The van der Waals surface area contributed by atoms with E-state index in [0.29, 0.717) is 5.69 Å². The maximum atomic E-state index is 12.2. The molecule has 1 N–H and O–H groups in total. The third kappa shape index (κ3) is 4.56. The zero-order valence-electron chi connectivity index (χ0n) is 14.3. The highest BCUT2D eigenvalue weighted by Crippen LogP contribution is 2.26. The predicted molar refractivity (Wildman–Crippen MR) is 87.7 cm³/mol. The lowest BCUT2D eigenvalue weighted by atomic mass is 10.1. The van der Waals surface area contributed by atoms with Gasteiger partial charge in [-0.3, -0.25) is 19.7 Å². The van der Waals surface area contributed by atoms with Crippen LogP contribution in [0.2, 0.25) is 0 Å². The predicted octanol–water partition coefficient (Wildman–Crippen LogP) is 1.16. The van der Waals surface area contributed by atoms with Crippen molar-refractivity contribution in [1.29, 1.82) is 0 Å². The molecule has 2 rings (SSSR count). The molecule has 1 aliphatic heterocycles. The number of anilines is 1. The van der Waals surface area contributed by atoms with E-state index in [-0.39, 0.29) is 18.9 Å². The summed E-state index contributed by atoms with van der Waals surface area (Å²) < 4.78 is 9.35. The van der Waals surface area contributed by atoms with Crippen molar-refractivity contribution in [1.82, 2.24) is 5.32 Å². The quantitative estimate of drug-likeness (QED) is 0.819. The van der Waals surface area contributed by atoms with Crippen LogP contribution in [0.25, 0.3) is 0 Å². The normalized spacial score (nSPS) is 17.8. The first-order chi connectivity index (χ1) is 11.8. The van der Waals surface area contributed by atoms with Gasteiger partial charge in [0.05, 0.1) is 13.0 Å². The van der Waals surface area contributed by atoms with E-state index >= 15 is 0 Å². The van der Waals surface area contributed by atoms with Crippen molar-refractivity contribution in [2.75, 3.05) is 18.6 Å². The highest BCUT2D eigenvalue weighted by Gasteiger charge is 2.37. The Kier molecular flexibility index (Phi) is 5.74. The standard InChI is InChI=1S/C17H20N2O6/c1-10-4-6-13(7-5-10)19-9-12(8-14(19)20)16(22)25-11(2)15(21)18-17(23)24-3/h4-7,11-12H,8-9H2,1-3H3,(H,18,21,23)/t11-,12+/m1/s1. The molecule has 0 radical (unpaired) electrons. The Balaban J connectivity index is 1.94. The van der Waals surface area contributed by atoms with Crippen LogP contribution in [0, 0.1) is 12.8 Å². The van der Waals surface area contributed by atoms with Crippen LogP contribution in [-0.2, 0) is 23.9 Å². The maximum absolute atomic E-state index is 12.2. The molecule has 2 atom stereocenters. The van der Waals surface area contributed by atoms with E-state index in [0.717, 1.165) is 12.7 Å². The fourth-order valence-corrected chi connectivity index (χ4v) is 2.42. The Morgan fingerprint density at radius 2 is 1.88 bits per heavy atom. The highest BCUT2D eigenvalue weighted by molar-refractivity contribution is 6.00. The molecule has 8 heteroatoms. The number of benzene rings is 1. The monoisotopic (exact) mass is 348 g/mol. The third-order valence-electron chi connectivity index (χ3n) is 3.88. The van der Waals surface area contributed by atoms with Crippen LogP contribution in [0.5, 0.6) is 0 Å². The van der Waals surface area contributed by atoms with Crippen LogP contribution in [0.3, 0.4) is 0 Å². The van der Waals surface area contributed by atoms with E-state index in [1.807, 2.05) is 36.5 Å². The number of amides is 3. The molecule has 1 aromatic rings. The molecule has 0 spiro atoms. The fourth-order valence-electron chi connectivity index (χ4n) is 2.42. The summed E-state index contributed by atoms with van der Waals surface area (Å²) in [7, 11) is 1.11. The van der Waals surface area contributed by atoms with E-state index in [1.165, 1.54) is 11.8 Å². The number of carbonyl (C=O) groups excluding carboxylic acids is 4. The van der Waals surface area contributed by atoms with Crippen molar-refractivity contribution in [3.63, 3.8) is 0 Å². The number of imide groups is 1. The smallest absolute Gasteiger partial charge is 0.413 e. The molecule has 134 valence electrons. The molecule has 0 aromatic heterocycles. The summed E-state index contributed by atoms with van der Waals surface area (Å²) in [4.78, 5) is 48.5. The van der Waals surface area contributed by atoms with Crippen LogP contribution in [0.4, 0.5) is 10.5 Å². The Bertz CT molecular complexity index is 685. The van der Waals surface area contributed by atoms with Crippen molar-refractivity contribution in [2.24, 2.45) is 5.92 Å². The number of hydrogen-bond donors (Lipinski definition) is 1. The SMILES string of the molecule is COC(=O)NC(=O)[C@@H](C)OC(=O)[C@H]1CC(=O)N(c2ccc(C)cc2)C1. The number of ether oxygens (including phenoxy) is 2. The molecule has 1 fully saturated rings. The van der Waals surface area contributed by atoms with Crippen LogP contribution in [0.1, 0.15) is 18.9 Å². The maximum Gasteiger partial charge on any atom is 0.413 e. The Hall–Kier alpha value is -2.90. The molecule has 1 heterocycles. The summed E-state index contributed by atoms with van der Waals surface area (Å²) in [5.74, 6) is -2.30. The number of hydrogen-bond acceptors (Lipinski definition) is 6. The van der Waals surface area contributed by atoms with Gasteiger partial charge in [0.1, 0.15) is 0 Å². The van der Waals surface area contributed by atoms with E-state index in [1.54, 1.807) is 0 Å². The second-order valence-corrected chi connectivity index (χ2v) is 5.80. The second kappa shape index (κ2) is 7.78. The summed E-state index contributed by atoms with van der Waals surface area (Å²) >= 11 is 0. The van der Waals surface area contributed by atoms with Gasteiger partial charge in [0.15, 0.2) is 6.10 Å². The van der Waals surface area contributed by atoms with Gasteiger partial charge in [0, 0.05) is 18.7 Å². The number of aryl methyl sites for hydroxylation is 1. The van der Waals surface area contributed by atoms with Crippen LogP contribution >= 0.6 is 0 Å². The average Bonchev–Trinajstić information content (AvgIpc) is 2.97. The number of rotatable bonds is 4. The van der Waals surface area contributed by atoms with Crippen molar-refractivity contribution >= 4 is 29.6 Å². The summed E-state index contributed by atoms with van der Waals surface area (Å²) in [6.45, 7) is 3.47. The molecule has 1 aliphatic rings. The summed E-state index contributed by atoms with van der Waals surface area (Å²) in [5, 5.41) is 1.92. The minimum absolute atomic E-state index is 0.0120. The summed E-state index contributed by atoms with van der Waals surface area (Å²) in [5.41, 5.74) is 1.78. The Labute approximate surface area is 145 Å². The number of nitrogens with one attached hydrogen (secondary N) is 1. The minimum atomic E-state index is -1.17. The molecule has 0 saturated carbocycles. The number of esters is 1. The second-order valence-electron chi connectivity index (χ2n) is 5.80. The van der Waals surface area contributed by atoms with Crippen LogP contribution in [0.15, 0.2) is 24.3 Å². The van der Waals surface area contributed by atoms with E-state index < -0.39 is 30.0 Å². The first-order valence-electron chi connectivity index (χ1n) is 7.78. The van der Waals surface area contributed by atoms with Gasteiger partial charge in [-0.05, 0) is 26.0 Å². The van der Waals surface area contributed by atoms with Gasteiger partial charge in [-0.1, -0.05) is 17.7 Å². The number of carbonyl (C=O) groups is 4. The largest absolute Gasteiger partial charge is 0.453 e. The van der Waals surface area contributed by atoms with Crippen molar-refractivity contribution in [3.05, 3.63) is 29.8 Å². The lowest BCUT2D eigenvalue weighted by Crippen LogP contribution is -2.40. The van der Waals surface area contributed by atoms with Gasteiger partial charge < -0.3 is 14.4 Å². The molecule has 0 unspecified atom stereocenters. The summed E-state index contributed by atoms with van der Waals surface area (Å²) in [6.07, 6.45) is -2.09. The van der Waals surface area contributed by atoms with Crippen molar-refractivity contribution in [3.8, 4) is 0 Å². The van der Waals surface area contributed by atoms with Gasteiger partial charge in [0.2, 0.25) is 5.91 Å². The number of alkyl carbamates (subject to hydrolysis) is 1. The molecule has 1 saturated heterocycles. The van der Waals surface area contributed by atoms with Gasteiger partial charge in [-0.25, -0.2) is 4.79 Å². The van der Waals surface area contributed by atoms with Crippen LogP contribution in [-0.4, -0.2) is 43.6 Å². The molecular weight excluding hydrogens is 328 g/mol. The fraction of sp³-hybridized carbons (Fsp3) is 0.412. The van der Waals surface area contributed by atoms with Crippen molar-refractivity contribution < 1.29 is 28.7 Å². The van der Waals surface area contributed by atoms with Crippen molar-refractivity contribution in [2.45, 2.75) is 26.4 Å². The zero-order chi connectivity index (χ0) is 18.6. The molecule has 3 amide bonds. The topological polar surface area (TPSA) is 102 Å². The van der Waals surface area contributed by atoms with E-state index in [2.05, 4.69) is 4.74 Å². The molecule has 0 bridgehead atoms. The molecule has 0 aliphatic carbocycles. The Morgan fingerprint density at radius 3 is 2.48 bits per heavy atom. The first-order valence-corrected chi connectivity index (χ1v) is 7.78. The Morgan fingerprint density at radius 1 is 1.24 bits per heavy atom. The lowest BCUT2D eigenvalue weighted by molar-refractivity contribution is -0.158. The molecule has 1 aromatic carbocycles. The van der Waals surface area contributed by atoms with Gasteiger partial charge >= 0.3 is 12.1 Å². The van der Waals surface area contributed by atoms with E-state index in [4.69, 9.17) is 4.74 Å². The van der Waals surface area contributed by atoms with Gasteiger partial charge in [-0.15, -0.1) is 0 Å². The van der Waals surface area contributed by atoms with E-state index in [9.17, 15) is 19.2 Å². The third-order valence-corrected chi connectivity index (χ3v) is 3.88. The number of nitrogens with zero attached hydrogens (tertiary/aromatic N) is 1. The number of methoxy groups -OCH3 is 1. The summed E-state index contributed by atoms with van der Waals surface area (Å²) in [6, 6.07) is 7.39. The van der Waals surface area contributed by atoms with Gasteiger partial charge in [-0.2, -0.15) is 0 Å². The molecule has 8 nitrogen and oxygen atoms in total. The van der Waals surface area contributed by atoms with Gasteiger partial charge in [0.25, 0.3) is 5.91 Å². The highest BCUT2D eigenvalue weighted by atomic mass is 16.6. The lowest BCUT2D eigenvalue weighted by Gasteiger charge is -2.17. The first kappa shape index (κ1) is 18.4. The molecule has 25 heavy (non-hydrogen) atoms. The molecular formula is C17H20N2O6.